The van der Waals surface area contributed by atoms with Crippen LogP contribution in [0, 0.1) is 10.1 Å². The smallest absolute Gasteiger partial charge is 0.369 e. The van der Waals surface area contributed by atoms with Crippen molar-refractivity contribution in [2.24, 2.45) is 0 Å². The predicted octanol–water partition coefficient (Wildman–Crippen LogP) is 4.47. The van der Waals surface area contributed by atoms with Crippen LogP contribution in [0.25, 0.3) is 0 Å². The fourth-order valence-corrected chi connectivity index (χ4v) is 3.29. The number of fused-ring (bicyclic) bond motifs is 1. The lowest BCUT2D eigenvalue weighted by atomic mass is 9.91. The summed E-state index contributed by atoms with van der Waals surface area (Å²) >= 11 is 0. The summed E-state index contributed by atoms with van der Waals surface area (Å²) in [5, 5.41) is 20.3. The third-order valence-corrected chi connectivity index (χ3v) is 4.83. The molecule has 0 spiro atoms. The number of nitro groups is 1. The van der Waals surface area contributed by atoms with E-state index in [1.165, 1.54) is 12.1 Å². The Labute approximate surface area is 160 Å². The van der Waals surface area contributed by atoms with Gasteiger partial charge in [-0.2, -0.15) is 26.3 Å². The molecule has 1 aliphatic heterocycles. The van der Waals surface area contributed by atoms with Gasteiger partial charge in [0, 0.05) is 36.5 Å². The summed E-state index contributed by atoms with van der Waals surface area (Å²) in [5.74, 6) is 0. The van der Waals surface area contributed by atoms with Crippen molar-refractivity contribution < 1.29 is 36.4 Å². The highest BCUT2D eigenvalue weighted by molar-refractivity contribution is 5.61. The second-order valence-electron chi connectivity index (χ2n) is 6.64. The molecule has 5 nitrogen and oxygen atoms in total. The number of nitrogens with zero attached hydrogens (tertiary/aromatic N) is 2. The summed E-state index contributed by atoms with van der Waals surface area (Å²) in [6, 6.07) is 7.69. The van der Waals surface area contributed by atoms with Gasteiger partial charge in [-0.15, -0.1) is 0 Å². The lowest BCUT2D eigenvalue weighted by molar-refractivity contribution is -0.384. The Morgan fingerprint density at radius 2 is 1.59 bits per heavy atom. The lowest BCUT2D eigenvalue weighted by Crippen LogP contribution is -2.53. The number of non-ortho nitro benzene ring substituents is 1. The molecule has 1 N–H and O–H groups in total. The molecule has 0 bridgehead atoms. The summed E-state index contributed by atoms with van der Waals surface area (Å²) in [4.78, 5) is 12.1. The van der Waals surface area contributed by atoms with Crippen molar-refractivity contribution in [3.63, 3.8) is 0 Å². The highest BCUT2D eigenvalue weighted by Gasteiger charge is 2.71. The molecule has 0 aromatic heterocycles. The summed E-state index contributed by atoms with van der Waals surface area (Å²) in [6.45, 7) is 0.675. The van der Waals surface area contributed by atoms with Gasteiger partial charge in [-0.05, 0) is 23.6 Å². The van der Waals surface area contributed by atoms with E-state index in [1.807, 2.05) is 4.90 Å². The van der Waals surface area contributed by atoms with E-state index in [0.717, 1.165) is 17.7 Å². The molecule has 0 amide bonds. The van der Waals surface area contributed by atoms with Crippen LogP contribution in [0.3, 0.4) is 0 Å². The number of aliphatic hydroxyl groups is 1. The maximum atomic E-state index is 12.9. The Balaban J connectivity index is 1.83. The Morgan fingerprint density at radius 1 is 1.00 bits per heavy atom. The van der Waals surface area contributed by atoms with Gasteiger partial charge in [-0.3, -0.25) is 10.1 Å². The van der Waals surface area contributed by atoms with E-state index in [0.29, 0.717) is 36.3 Å². The molecule has 2 aromatic carbocycles. The van der Waals surface area contributed by atoms with Crippen LogP contribution in [0.4, 0.5) is 37.7 Å². The second-order valence-corrected chi connectivity index (χ2v) is 6.64. The minimum Gasteiger partial charge on any atom is -0.369 e. The molecule has 1 aliphatic rings. The minimum absolute atomic E-state index is 0.0615. The Hall–Kier alpha value is -2.82. The van der Waals surface area contributed by atoms with E-state index in [9.17, 15) is 41.6 Å². The van der Waals surface area contributed by atoms with Crippen LogP contribution >= 0.6 is 0 Å². The van der Waals surface area contributed by atoms with Crippen molar-refractivity contribution in [2.45, 2.75) is 30.9 Å². The van der Waals surface area contributed by atoms with Crippen LogP contribution in [0.5, 0.6) is 0 Å². The SMILES string of the molecule is O=[N+]([O-])c1ccc2c(c1)CCN2Cc1ccc(C(O)(C(F)(F)F)C(F)(F)F)cc1. The van der Waals surface area contributed by atoms with Gasteiger partial charge in [0.05, 0.1) is 4.92 Å². The van der Waals surface area contributed by atoms with E-state index >= 15 is 0 Å². The van der Waals surface area contributed by atoms with Gasteiger partial charge < -0.3 is 10.0 Å². The maximum absolute atomic E-state index is 12.9. The standard InChI is InChI=1S/C18H14F6N2O3/c19-17(20,21)16(27,18(22,23)24)13-3-1-11(2-4-13)10-25-8-7-12-9-14(26(28)29)5-6-15(12)25/h1-6,9,27H,7-8,10H2. The van der Waals surface area contributed by atoms with E-state index in [1.54, 1.807) is 6.07 Å². The molecule has 1 heterocycles. The fourth-order valence-electron chi connectivity index (χ4n) is 3.29. The van der Waals surface area contributed by atoms with Crippen molar-refractivity contribution in [3.05, 3.63) is 69.3 Å². The number of hydrogen-bond acceptors (Lipinski definition) is 4. The zero-order valence-corrected chi connectivity index (χ0v) is 14.6. The van der Waals surface area contributed by atoms with Gasteiger partial charge in [0.25, 0.3) is 11.3 Å². The number of anilines is 1. The van der Waals surface area contributed by atoms with Crippen LogP contribution in [-0.4, -0.2) is 28.9 Å². The first kappa shape index (κ1) is 20.9. The number of nitro benzene ring substituents is 1. The summed E-state index contributed by atoms with van der Waals surface area (Å²) in [6.07, 6.45) is -11.3. The average molecular weight is 420 g/mol. The van der Waals surface area contributed by atoms with Crippen molar-refractivity contribution >= 4 is 11.4 Å². The molecule has 29 heavy (non-hydrogen) atoms. The van der Waals surface area contributed by atoms with Crippen molar-refractivity contribution in [3.8, 4) is 0 Å². The largest absolute Gasteiger partial charge is 0.430 e. The predicted molar refractivity (Wildman–Crippen MR) is 90.3 cm³/mol. The van der Waals surface area contributed by atoms with Gasteiger partial charge in [0.2, 0.25) is 0 Å². The second kappa shape index (κ2) is 6.90. The van der Waals surface area contributed by atoms with Gasteiger partial charge in [0.1, 0.15) is 0 Å². The zero-order chi connectivity index (χ0) is 21.6. The molecule has 0 radical (unpaired) electrons. The third kappa shape index (κ3) is 3.61. The molecule has 0 saturated carbocycles. The Morgan fingerprint density at radius 3 is 2.10 bits per heavy atom. The first-order valence-corrected chi connectivity index (χ1v) is 8.32. The summed E-state index contributed by atoms with van der Waals surface area (Å²) in [7, 11) is 0. The van der Waals surface area contributed by atoms with Gasteiger partial charge in [0.15, 0.2) is 0 Å². The van der Waals surface area contributed by atoms with Crippen LogP contribution in [0.1, 0.15) is 16.7 Å². The molecule has 156 valence electrons. The van der Waals surface area contributed by atoms with Crippen molar-refractivity contribution in [1.82, 2.24) is 0 Å². The highest BCUT2D eigenvalue weighted by Crippen LogP contribution is 2.50. The summed E-state index contributed by atoms with van der Waals surface area (Å²) in [5.41, 5.74) is -4.47. The van der Waals surface area contributed by atoms with Crippen LogP contribution in [-0.2, 0) is 18.6 Å². The molecule has 0 aliphatic carbocycles. The maximum Gasteiger partial charge on any atom is 0.430 e. The molecule has 11 heteroatoms. The first-order valence-electron chi connectivity index (χ1n) is 8.32. The number of benzene rings is 2. The van der Waals surface area contributed by atoms with Crippen LogP contribution in [0.15, 0.2) is 42.5 Å². The Kier molecular flexibility index (Phi) is 4.98. The van der Waals surface area contributed by atoms with Gasteiger partial charge in [-0.25, -0.2) is 0 Å². The van der Waals surface area contributed by atoms with E-state index in [-0.39, 0.29) is 12.2 Å². The summed E-state index contributed by atoms with van der Waals surface area (Å²) < 4.78 is 77.7. The van der Waals surface area contributed by atoms with Crippen LogP contribution in [0.2, 0.25) is 0 Å². The normalized spacial score (nSPS) is 14.8. The number of halogens is 6. The lowest BCUT2D eigenvalue weighted by Gasteiger charge is -2.32. The van der Waals surface area contributed by atoms with Crippen LogP contribution < -0.4 is 4.90 Å². The molecule has 2 aromatic rings. The van der Waals surface area contributed by atoms with E-state index in [2.05, 4.69) is 0 Å². The van der Waals surface area contributed by atoms with E-state index in [4.69, 9.17) is 0 Å². The van der Waals surface area contributed by atoms with Crippen molar-refractivity contribution in [1.29, 1.82) is 0 Å². The third-order valence-electron chi connectivity index (χ3n) is 4.83. The van der Waals surface area contributed by atoms with E-state index < -0.39 is 28.4 Å². The first-order chi connectivity index (χ1) is 13.3. The topological polar surface area (TPSA) is 66.6 Å². The zero-order valence-electron chi connectivity index (χ0n) is 14.6. The molecule has 3 rings (SSSR count). The van der Waals surface area contributed by atoms with Crippen molar-refractivity contribution in [2.75, 3.05) is 11.4 Å². The quantitative estimate of drug-likeness (QED) is 0.450. The van der Waals surface area contributed by atoms with Gasteiger partial charge in [-0.1, -0.05) is 24.3 Å². The monoisotopic (exact) mass is 420 g/mol. The molecule has 0 atom stereocenters. The fraction of sp³-hybridized carbons (Fsp3) is 0.333. The Bertz CT molecular complexity index is 911. The number of rotatable bonds is 4. The number of hydrogen-bond donors (Lipinski definition) is 1. The highest BCUT2D eigenvalue weighted by atomic mass is 19.4. The molecule has 0 saturated heterocycles. The molecule has 0 fully saturated rings. The average Bonchev–Trinajstić information content (AvgIpc) is 3.02. The number of alkyl halides is 6. The minimum atomic E-state index is -5.94. The molecular weight excluding hydrogens is 406 g/mol. The van der Waals surface area contributed by atoms with Gasteiger partial charge >= 0.3 is 12.4 Å². The molecule has 0 unspecified atom stereocenters. The molecular formula is C18H14F6N2O3.